The molecule has 1 aliphatic rings. The summed E-state index contributed by atoms with van der Waals surface area (Å²) < 4.78 is 2.22. The minimum absolute atomic E-state index is 0.595. The van der Waals surface area contributed by atoms with Gasteiger partial charge in [-0.2, -0.15) is 0 Å². The highest BCUT2D eigenvalue weighted by Gasteiger charge is 2.24. The largest absolute Gasteiger partial charge is 0.0837 e. The molecule has 0 saturated heterocycles. The number of hydrogen-bond acceptors (Lipinski definition) is 0. The molecule has 1 heteroatoms. The predicted octanol–water partition coefficient (Wildman–Crippen LogP) is 6.02. The van der Waals surface area contributed by atoms with E-state index in [9.17, 15) is 0 Å². The Labute approximate surface area is 115 Å². The molecule has 0 heterocycles. The molecule has 0 bridgehead atoms. The molecule has 1 saturated carbocycles. The maximum absolute atomic E-state index is 2.46. The summed E-state index contributed by atoms with van der Waals surface area (Å²) in [6, 6.07) is 0. The molecule has 0 aliphatic heterocycles. The molecule has 0 unspecified atom stereocenters. The predicted molar refractivity (Wildman–Crippen MR) is 82.0 cm³/mol. The molecule has 0 aromatic heterocycles. The lowest BCUT2D eigenvalue weighted by atomic mass is 9.73. The molecule has 0 aromatic rings. The third-order valence-corrected chi connectivity index (χ3v) is 4.48. The molecule has 0 N–H and O–H groups in total. The van der Waals surface area contributed by atoms with Gasteiger partial charge >= 0.3 is 0 Å². The lowest BCUT2D eigenvalue weighted by molar-refractivity contribution is 0.219. The van der Waals surface area contributed by atoms with Gasteiger partial charge in [-0.1, -0.05) is 74.3 Å². The topological polar surface area (TPSA) is 0 Å². The van der Waals surface area contributed by atoms with Crippen molar-refractivity contribution in [2.45, 2.75) is 65.2 Å². The van der Waals surface area contributed by atoms with Crippen LogP contribution in [-0.4, -0.2) is 0 Å². The van der Waals surface area contributed by atoms with Crippen molar-refractivity contribution in [1.29, 1.82) is 0 Å². The summed E-state index contributed by atoms with van der Waals surface area (Å²) in [6.07, 6.45) is 15.7. The van der Waals surface area contributed by atoms with Gasteiger partial charge in [0.2, 0.25) is 0 Å². The number of halogens is 1. The second kappa shape index (κ2) is 7.52. The van der Waals surface area contributed by atoms with Gasteiger partial charge in [0.1, 0.15) is 0 Å². The summed E-state index contributed by atoms with van der Waals surface area (Å²) in [5.41, 5.74) is 2.08. The van der Waals surface area contributed by atoms with Crippen LogP contribution in [-0.2, 0) is 0 Å². The summed E-state index contributed by atoms with van der Waals surface area (Å²) in [5, 5.41) is 0. The van der Waals surface area contributed by atoms with Gasteiger partial charge in [0.15, 0.2) is 0 Å². The third-order valence-electron chi connectivity index (χ3n) is 3.68. The van der Waals surface area contributed by atoms with Gasteiger partial charge in [0.05, 0.1) is 0 Å². The molecule has 0 atom stereocenters. The van der Waals surface area contributed by atoms with Crippen LogP contribution in [0, 0.1) is 5.41 Å². The van der Waals surface area contributed by atoms with E-state index in [2.05, 4.69) is 52.7 Å². The van der Waals surface area contributed by atoms with Gasteiger partial charge in [0, 0.05) is 0 Å². The lowest BCUT2D eigenvalue weighted by Gasteiger charge is -2.32. The average Bonchev–Trinajstić information content (AvgIpc) is 2.29. The van der Waals surface area contributed by atoms with E-state index in [1.54, 1.807) is 0 Å². The minimum atomic E-state index is 0.595. The fourth-order valence-corrected chi connectivity index (χ4v) is 3.09. The van der Waals surface area contributed by atoms with E-state index >= 15 is 0 Å². The van der Waals surface area contributed by atoms with Crippen LogP contribution < -0.4 is 0 Å². The van der Waals surface area contributed by atoms with E-state index < -0.39 is 0 Å². The second-order valence-corrected chi connectivity index (χ2v) is 6.03. The van der Waals surface area contributed by atoms with Crippen LogP contribution in [0.5, 0.6) is 0 Å². The molecule has 0 amide bonds. The maximum atomic E-state index is 2.46. The van der Waals surface area contributed by atoms with Gasteiger partial charge < -0.3 is 0 Å². The smallest absolute Gasteiger partial charge is 0.0202 e. The van der Waals surface area contributed by atoms with Crippen molar-refractivity contribution in [3.8, 4) is 0 Å². The Kier molecular flexibility index (Phi) is 6.71. The second-order valence-electron chi connectivity index (χ2n) is 5.41. The highest BCUT2D eigenvalue weighted by molar-refractivity contribution is 14.1. The maximum Gasteiger partial charge on any atom is -0.0202 e. The third kappa shape index (κ3) is 5.03. The molecule has 0 nitrogen and oxygen atoms in total. The molecule has 92 valence electrons. The number of allylic oxidation sites excluding steroid dienone is 3. The van der Waals surface area contributed by atoms with Gasteiger partial charge in [0.25, 0.3) is 0 Å². The molecular formula is C15H25I. The van der Waals surface area contributed by atoms with Gasteiger partial charge in [-0.25, -0.2) is 0 Å². The van der Waals surface area contributed by atoms with Gasteiger partial charge in [-0.05, 0) is 40.8 Å². The average molecular weight is 332 g/mol. The van der Waals surface area contributed by atoms with E-state index in [4.69, 9.17) is 0 Å². The van der Waals surface area contributed by atoms with Crippen molar-refractivity contribution in [1.82, 2.24) is 0 Å². The first kappa shape index (κ1) is 14.3. The zero-order valence-corrected chi connectivity index (χ0v) is 12.9. The Morgan fingerprint density at radius 2 is 1.94 bits per heavy atom. The first-order valence-corrected chi connectivity index (χ1v) is 7.90. The molecule has 0 radical (unpaired) electrons. The molecule has 1 aliphatic carbocycles. The van der Waals surface area contributed by atoms with Crippen molar-refractivity contribution in [3.63, 3.8) is 0 Å². The van der Waals surface area contributed by atoms with Crippen LogP contribution in [0.3, 0.4) is 0 Å². The van der Waals surface area contributed by atoms with Gasteiger partial charge in [-0.15, -0.1) is 0 Å². The summed E-state index contributed by atoms with van der Waals surface area (Å²) in [5.74, 6) is 0. The van der Waals surface area contributed by atoms with Crippen molar-refractivity contribution in [3.05, 3.63) is 21.8 Å². The Bertz CT molecular complexity index is 244. The van der Waals surface area contributed by atoms with Crippen LogP contribution in [0.2, 0.25) is 0 Å². The fourth-order valence-electron chi connectivity index (χ4n) is 2.57. The number of rotatable bonds is 5. The van der Waals surface area contributed by atoms with Crippen molar-refractivity contribution in [2.75, 3.05) is 0 Å². The Balaban J connectivity index is 2.39. The highest BCUT2D eigenvalue weighted by Crippen LogP contribution is 2.39. The molecule has 0 aromatic carbocycles. The Hall–Kier alpha value is 0.210. The van der Waals surface area contributed by atoms with E-state index in [-0.39, 0.29) is 0 Å². The van der Waals surface area contributed by atoms with Gasteiger partial charge in [-0.3, -0.25) is 0 Å². The summed E-state index contributed by atoms with van der Waals surface area (Å²) in [7, 11) is 0. The molecule has 0 spiro atoms. The molecule has 1 fully saturated rings. The van der Waals surface area contributed by atoms with E-state index in [1.807, 2.05) is 0 Å². The van der Waals surface area contributed by atoms with Crippen LogP contribution >= 0.6 is 22.6 Å². The molecule has 1 rings (SSSR count). The summed E-state index contributed by atoms with van der Waals surface area (Å²) in [6.45, 7) is 4.71. The van der Waals surface area contributed by atoms with Crippen LogP contribution in [0.4, 0.5) is 0 Å². The first-order valence-electron chi connectivity index (χ1n) is 6.66. The van der Waals surface area contributed by atoms with Crippen molar-refractivity contribution >= 4 is 22.6 Å². The zero-order chi connectivity index (χ0) is 11.9. The minimum Gasteiger partial charge on any atom is -0.0837 e. The SMILES string of the molecule is CCCC(/C=C\CC1(C)CCCCC1)=C/I. The van der Waals surface area contributed by atoms with Crippen molar-refractivity contribution < 1.29 is 0 Å². The van der Waals surface area contributed by atoms with Crippen molar-refractivity contribution in [2.24, 2.45) is 5.41 Å². The van der Waals surface area contributed by atoms with E-state index in [0.29, 0.717) is 5.41 Å². The van der Waals surface area contributed by atoms with E-state index in [0.717, 1.165) is 0 Å². The number of hydrogen-bond donors (Lipinski definition) is 0. The standard InChI is InChI=1S/C15H25I/c1-3-8-14(13-16)9-7-12-15(2)10-5-4-6-11-15/h7,9,13H,3-6,8,10-12H2,1-2H3/b9-7-,14-13-. The summed E-state index contributed by atoms with van der Waals surface area (Å²) in [4.78, 5) is 0. The Morgan fingerprint density at radius 1 is 1.25 bits per heavy atom. The normalized spacial score (nSPS) is 21.6. The monoisotopic (exact) mass is 332 g/mol. The lowest BCUT2D eigenvalue weighted by Crippen LogP contribution is -2.18. The van der Waals surface area contributed by atoms with Crippen LogP contribution in [0.25, 0.3) is 0 Å². The zero-order valence-electron chi connectivity index (χ0n) is 10.8. The molecule has 16 heavy (non-hydrogen) atoms. The first-order chi connectivity index (χ1) is 7.70. The van der Waals surface area contributed by atoms with E-state index in [1.165, 1.54) is 56.9 Å². The fraction of sp³-hybridized carbons (Fsp3) is 0.733. The molecular weight excluding hydrogens is 307 g/mol. The highest BCUT2D eigenvalue weighted by atomic mass is 127. The van der Waals surface area contributed by atoms with Crippen LogP contribution in [0.15, 0.2) is 21.8 Å². The Morgan fingerprint density at radius 3 is 2.50 bits per heavy atom. The summed E-state index contributed by atoms with van der Waals surface area (Å²) >= 11 is 2.36. The quantitative estimate of drug-likeness (QED) is 0.426. The van der Waals surface area contributed by atoms with Crippen LogP contribution in [0.1, 0.15) is 65.2 Å².